The van der Waals surface area contributed by atoms with Crippen molar-refractivity contribution in [3.8, 4) is 0 Å². The van der Waals surface area contributed by atoms with Gasteiger partial charge in [-0.3, -0.25) is 19.2 Å². The van der Waals surface area contributed by atoms with Crippen molar-refractivity contribution in [3.05, 3.63) is 64.7 Å². The van der Waals surface area contributed by atoms with Gasteiger partial charge in [0, 0.05) is 32.2 Å². The zero-order valence-corrected chi connectivity index (χ0v) is 18.8. The van der Waals surface area contributed by atoms with Gasteiger partial charge < -0.3 is 14.5 Å². The van der Waals surface area contributed by atoms with Crippen LogP contribution in [-0.2, 0) is 19.6 Å². The number of para-hydroxylation sites is 2. The Morgan fingerprint density at radius 1 is 1.00 bits per heavy atom. The van der Waals surface area contributed by atoms with E-state index in [-0.39, 0.29) is 38.5 Å². The molecule has 2 aromatic rings. The molecule has 0 saturated carbocycles. The second-order valence-corrected chi connectivity index (χ2v) is 8.97. The smallest absolute Gasteiger partial charge is 0.409 e. The van der Waals surface area contributed by atoms with Crippen LogP contribution in [0.1, 0.15) is 6.92 Å². The number of rotatable bonds is 7. The van der Waals surface area contributed by atoms with Crippen LogP contribution in [-0.4, -0.2) is 74.5 Å². The molecule has 0 N–H and O–H groups in total. The fourth-order valence-electron chi connectivity index (χ4n) is 3.43. The quantitative estimate of drug-likeness (QED) is 0.442. The zero-order valence-electron chi connectivity index (χ0n) is 18.0. The molecular weight excluding hydrogens is 452 g/mol. The molecule has 1 saturated heterocycles. The zero-order chi connectivity index (χ0) is 24.0. The van der Waals surface area contributed by atoms with Crippen LogP contribution in [0.5, 0.6) is 0 Å². The number of nitrogens with zero attached hydrogens (tertiary/aromatic N) is 4. The molecule has 12 heteroatoms. The lowest BCUT2D eigenvalue weighted by Crippen LogP contribution is -2.53. The standard InChI is InChI=1S/C21H24N4O7S/c1-2-32-21(27)23-14-12-22(13-15-23)20(26)16-24(17-8-4-3-5-9-17)33(30,31)19-11-7-6-10-18(19)25(28)29/h3-11H,2,12-16H2,1H3. The molecule has 0 unspecified atom stereocenters. The van der Waals surface area contributed by atoms with Crippen LogP contribution < -0.4 is 4.31 Å². The first-order valence-corrected chi connectivity index (χ1v) is 11.7. The summed E-state index contributed by atoms with van der Waals surface area (Å²) in [6.45, 7) is 2.34. The maximum Gasteiger partial charge on any atom is 0.409 e. The van der Waals surface area contributed by atoms with Crippen molar-refractivity contribution >= 4 is 33.4 Å². The van der Waals surface area contributed by atoms with Crippen LogP contribution in [0.4, 0.5) is 16.2 Å². The van der Waals surface area contributed by atoms with Crippen molar-refractivity contribution in [2.45, 2.75) is 11.8 Å². The Morgan fingerprint density at radius 2 is 1.58 bits per heavy atom. The largest absolute Gasteiger partial charge is 0.450 e. The Kier molecular flexibility index (Phi) is 7.48. The first-order chi connectivity index (χ1) is 15.8. The number of ether oxygens (including phenoxy) is 1. The van der Waals surface area contributed by atoms with Crippen molar-refractivity contribution in [1.29, 1.82) is 0 Å². The van der Waals surface area contributed by atoms with Crippen molar-refractivity contribution < 1.29 is 27.7 Å². The summed E-state index contributed by atoms with van der Waals surface area (Å²) >= 11 is 0. The number of hydrogen-bond acceptors (Lipinski definition) is 7. The van der Waals surface area contributed by atoms with Gasteiger partial charge in [-0.1, -0.05) is 30.3 Å². The van der Waals surface area contributed by atoms with Gasteiger partial charge in [0.05, 0.1) is 17.2 Å². The Hall–Kier alpha value is -3.67. The maximum absolute atomic E-state index is 13.5. The van der Waals surface area contributed by atoms with Crippen LogP contribution in [0.3, 0.4) is 0 Å². The average Bonchev–Trinajstić information content (AvgIpc) is 2.83. The molecule has 2 amide bonds. The van der Waals surface area contributed by atoms with Crippen LogP contribution in [0.25, 0.3) is 0 Å². The summed E-state index contributed by atoms with van der Waals surface area (Å²) in [4.78, 5) is 38.0. The summed E-state index contributed by atoms with van der Waals surface area (Å²) in [5, 5.41) is 11.4. The van der Waals surface area contributed by atoms with Gasteiger partial charge in [0.25, 0.3) is 15.7 Å². The van der Waals surface area contributed by atoms with Crippen LogP contribution in [0.2, 0.25) is 0 Å². The van der Waals surface area contributed by atoms with Crippen LogP contribution in [0, 0.1) is 10.1 Å². The van der Waals surface area contributed by atoms with E-state index in [4.69, 9.17) is 4.74 Å². The summed E-state index contributed by atoms with van der Waals surface area (Å²) < 4.78 is 32.8. The van der Waals surface area contributed by atoms with Crippen LogP contribution >= 0.6 is 0 Å². The maximum atomic E-state index is 13.5. The number of piperazine rings is 1. The molecule has 1 aliphatic rings. The molecule has 1 fully saturated rings. The molecule has 1 aliphatic heterocycles. The summed E-state index contributed by atoms with van der Waals surface area (Å²) in [7, 11) is -4.44. The minimum absolute atomic E-state index is 0.203. The molecular formula is C21H24N4O7S. The van der Waals surface area contributed by atoms with Gasteiger partial charge in [-0.25, -0.2) is 13.2 Å². The lowest BCUT2D eigenvalue weighted by atomic mass is 10.3. The lowest BCUT2D eigenvalue weighted by Gasteiger charge is -2.35. The third-order valence-electron chi connectivity index (χ3n) is 5.11. The van der Waals surface area contributed by atoms with Crippen molar-refractivity contribution in [3.63, 3.8) is 0 Å². The molecule has 0 spiro atoms. The fraction of sp³-hybridized carbons (Fsp3) is 0.333. The molecule has 0 aromatic heterocycles. The molecule has 2 aromatic carbocycles. The number of carbonyl (C=O) groups excluding carboxylic acids is 2. The van der Waals surface area contributed by atoms with Gasteiger partial charge in [-0.2, -0.15) is 0 Å². The van der Waals surface area contributed by atoms with E-state index in [9.17, 15) is 28.1 Å². The highest BCUT2D eigenvalue weighted by molar-refractivity contribution is 7.93. The minimum Gasteiger partial charge on any atom is -0.450 e. The fourth-order valence-corrected chi connectivity index (χ4v) is 5.00. The Balaban J connectivity index is 1.86. The van der Waals surface area contributed by atoms with Gasteiger partial charge in [0.1, 0.15) is 6.54 Å². The number of nitro benzene ring substituents is 1. The van der Waals surface area contributed by atoms with Gasteiger partial charge >= 0.3 is 6.09 Å². The number of carbonyl (C=O) groups is 2. The number of nitro groups is 1. The second-order valence-electron chi connectivity index (χ2n) is 7.14. The summed E-state index contributed by atoms with van der Waals surface area (Å²) in [5.74, 6) is -0.482. The number of sulfonamides is 1. The van der Waals surface area contributed by atoms with Crippen molar-refractivity contribution in [1.82, 2.24) is 9.80 Å². The Morgan fingerprint density at radius 3 is 2.18 bits per heavy atom. The highest BCUT2D eigenvalue weighted by Crippen LogP contribution is 2.29. The van der Waals surface area contributed by atoms with Gasteiger partial charge in [-0.05, 0) is 25.1 Å². The molecule has 1 heterocycles. The molecule has 3 rings (SSSR count). The second kappa shape index (κ2) is 10.3. The van der Waals surface area contributed by atoms with Gasteiger partial charge in [-0.15, -0.1) is 0 Å². The normalized spacial score (nSPS) is 14.0. The van der Waals surface area contributed by atoms with Gasteiger partial charge in [0.15, 0.2) is 4.90 Å². The summed E-state index contributed by atoms with van der Waals surface area (Å²) in [6.07, 6.45) is -0.463. The van der Waals surface area contributed by atoms with E-state index in [0.717, 1.165) is 16.4 Å². The SMILES string of the molecule is CCOC(=O)N1CCN(C(=O)CN(c2ccccc2)S(=O)(=O)c2ccccc2[N+](=O)[O-])CC1. The monoisotopic (exact) mass is 476 g/mol. The van der Waals surface area contributed by atoms with Gasteiger partial charge in [0.2, 0.25) is 5.91 Å². The molecule has 0 bridgehead atoms. The van der Waals surface area contributed by atoms with E-state index in [2.05, 4.69) is 0 Å². The molecule has 11 nitrogen and oxygen atoms in total. The molecule has 0 radical (unpaired) electrons. The lowest BCUT2D eigenvalue weighted by molar-refractivity contribution is -0.387. The Labute approximate surface area is 191 Å². The number of amides is 2. The number of hydrogen-bond donors (Lipinski definition) is 0. The first kappa shape index (κ1) is 24.0. The minimum atomic E-state index is -4.44. The molecule has 0 aliphatic carbocycles. The predicted octanol–water partition coefficient (Wildman–Crippen LogP) is 2.09. The molecule has 33 heavy (non-hydrogen) atoms. The van der Waals surface area contributed by atoms with E-state index in [1.54, 1.807) is 25.1 Å². The van der Waals surface area contributed by atoms with E-state index in [0.29, 0.717) is 0 Å². The van der Waals surface area contributed by atoms with E-state index in [1.807, 2.05) is 0 Å². The third kappa shape index (κ3) is 5.40. The summed E-state index contributed by atoms with van der Waals surface area (Å²) in [6, 6.07) is 12.9. The topological polar surface area (TPSA) is 130 Å². The van der Waals surface area contributed by atoms with Crippen molar-refractivity contribution in [2.24, 2.45) is 0 Å². The van der Waals surface area contributed by atoms with Crippen molar-refractivity contribution in [2.75, 3.05) is 43.6 Å². The average molecular weight is 477 g/mol. The molecule has 0 atom stereocenters. The number of anilines is 1. The Bertz CT molecular complexity index is 1120. The molecule has 176 valence electrons. The number of benzene rings is 2. The van der Waals surface area contributed by atoms with E-state index >= 15 is 0 Å². The first-order valence-electron chi connectivity index (χ1n) is 10.3. The summed E-state index contributed by atoms with van der Waals surface area (Å²) in [5.41, 5.74) is -0.372. The predicted molar refractivity (Wildman–Crippen MR) is 119 cm³/mol. The third-order valence-corrected chi connectivity index (χ3v) is 6.93. The highest BCUT2D eigenvalue weighted by atomic mass is 32.2. The van der Waals surface area contributed by atoms with Crippen LogP contribution in [0.15, 0.2) is 59.5 Å². The van der Waals surface area contributed by atoms with E-state index in [1.165, 1.54) is 34.1 Å². The van der Waals surface area contributed by atoms with E-state index < -0.39 is 44.1 Å². The highest BCUT2D eigenvalue weighted by Gasteiger charge is 2.34.